The van der Waals surface area contributed by atoms with Gasteiger partial charge < -0.3 is 5.11 Å². The monoisotopic (exact) mass is 307 g/mol. The molecule has 0 aliphatic carbocycles. The summed E-state index contributed by atoms with van der Waals surface area (Å²) in [4.78, 5) is 31.2. The van der Waals surface area contributed by atoms with Crippen molar-refractivity contribution in [3.05, 3.63) is 43.5 Å². The van der Waals surface area contributed by atoms with Gasteiger partial charge in [0.1, 0.15) is 0 Å². The Morgan fingerprint density at radius 2 is 2.05 bits per heavy atom. The molecular formula is C14H17N3O3S. The predicted molar refractivity (Wildman–Crippen MR) is 79.9 cm³/mol. The second kappa shape index (κ2) is 6.17. The molecule has 6 nitrogen and oxygen atoms in total. The third-order valence-electron chi connectivity index (χ3n) is 3.35. The lowest BCUT2D eigenvalue weighted by Crippen LogP contribution is -2.28. The molecule has 0 aliphatic heterocycles. The summed E-state index contributed by atoms with van der Waals surface area (Å²) < 4.78 is 1.55. The van der Waals surface area contributed by atoms with Crippen molar-refractivity contribution < 1.29 is 9.90 Å². The molecule has 0 aliphatic rings. The van der Waals surface area contributed by atoms with E-state index in [1.807, 2.05) is 19.2 Å². The van der Waals surface area contributed by atoms with E-state index >= 15 is 0 Å². The number of carbonyl (C=O) groups is 1. The molecular weight excluding hydrogens is 290 g/mol. The molecule has 0 saturated carbocycles. The highest BCUT2D eigenvalue weighted by Crippen LogP contribution is 2.14. The van der Waals surface area contributed by atoms with Gasteiger partial charge in [0.05, 0.1) is 17.2 Å². The van der Waals surface area contributed by atoms with Gasteiger partial charge in [0.25, 0.3) is 0 Å². The van der Waals surface area contributed by atoms with Gasteiger partial charge in [-0.3, -0.25) is 9.36 Å². The summed E-state index contributed by atoms with van der Waals surface area (Å²) in [7, 11) is 0. The minimum Gasteiger partial charge on any atom is -0.481 e. The van der Waals surface area contributed by atoms with E-state index in [0.29, 0.717) is 18.7 Å². The zero-order chi connectivity index (χ0) is 15.6. The van der Waals surface area contributed by atoms with Crippen molar-refractivity contribution in [2.45, 2.75) is 40.2 Å². The van der Waals surface area contributed by atoms with E-state index < -0.39 is 5.97 Å². The topological polar surface area (TPSA) is 85.1 Å². The summed E-state index contributed by atoms with van der Waals surface area (Å²) in [6.07, 6.45) is 0.397. The Bertz CT molecular complexity index is 734. The van der Waals surface area contributed by atoms with E-state index in [-0.39, 0.29) is 12.1 Å². The third-order valence-corrected chi connectivity index (χ3v) is 4.17. The van der Waals surface area contributed by atoms with Crippen LogP contribution in [0.15, 0.2) is 10.2 Å². The molecule has 2 heterocycles. The second-order valence-corrected chi connectivity index (χ2v) is 5.94. The standard InChI is InChI=1S/C14H17N3O3S/c1-8-12(4-5-13(18)19)9(2)17(14(20)15-8)6-11-7-21-10(3)16-11/h7H,4-6H2,1-3H3,(H,18,19). The van der Waals surface area contributed by atoms with Crippen LogP contribution in [-0.2, 0) is 17.8 Å². The van der Waals surface area contributed by atoms with E-state index in [1.165, 1.54) is 11.3 Å². The lowest BCUT2D eigenvalue weighted by molar-refractivity contribution is -0.136. The summed E-state index contributed by atoms with van der Waals surface area (Å²) in [5.41, 5.74) is 2.68. The van der Waals surface area contributed by atoms with Crippen molar-refractivity contribution in [3.8, 4) is 0 Å². The number of rotatable bonds is 5. The van der Waals surface area contributed by atoms with Gasteiger partial charge >= 0.3 is 11.7 Å². The number of hydrogen-bond acceptors (Lipinski definition) is 5. The lowest BCUT2D eigenvalue weighted by Gasteiger charge is -2.14. The quantitative estimate of drug-likeness (QED) is 0.908. The minimum absolute atomic E-state index is 0.0252. The maximum absolute atomic E-state index is 12.1. The van der Waals surface area contributed by atoms with E-state index in [1.54, 1.807) is 11.5 Å². The number of hydrogen-bond donors (Lipinski definition) is 1. The van der Waals surface area contributed by atoms with Gasteiger partial charge in [-0.05, 0) is 32.8 Å². The van der Waals surface area contributed by atoms with Crippen LogP contribution in [0.4, 0.5) is 0 Å². The second-order valence-electron chi connectivity index (χ2n) is 4.88. The normalized spacial score (nSPS) is 10.8. The summed E-state index contributed by atoms with van der Waals surface area (Å²) in [6.45, 7) is 5.84. The fourth-order valence-electron chi connectivity index (χ4n) is 2.26. The number of thiazole rings is 1. The summed E-state index contributed by atoms with van der Waals surface area (Å²) >= 11 is 1.53. The van der Waals surface area contributed by atoms with Crippen LogP contribution in [0.5, 0.6) is 0 Å². The van der Waals surface area contributed by atoms with Crippen molar-refractivity contribution in [2.24, 2.45) is 0 Å². The van der Waals surface area contributed by atoms with Crippen molar-refractivity contribution in [1.82, 2.24) is 14.5 Å². The first-order valence-corrected chi connectivity index (χ1v) is 7.46. The van der Waals surface area contributed by atoms with Crippen molar-refractivity contribution in [1.29, 1.82) is 0 Å². The highest BCUT2D eigenvalue weighted by molar-refractivity contribution is 7.09. The fraction of sp³-hybridized carbons (Fsp3) is 0.429. The Labute approximate surface area is 126 Å². The smallest absolute Gasteiger partial charge is 0.348 e. The number of aromatic nitrogens is 3. The molecule has 1 N–H and O–H groups in total. The van der Waals surface area contributed by atoms with Crippen molar-refractivity contribution in [3.63, 3.8) is 0 Å². The summed E-state index contributed by atoms with van der Waals surface area (Å²) in [6, 6.07) is 0. The maximum atomic E-state index is 12.1. The Kier molecular flexibility index (Phi) is 4.52. The zero-order valence-electron chi connectivity index (χ0n) is 12.2. The fourth-order valence-corrected chi connectivity index (χ4v) is 2.87. The number of aryl methyl sites for hydroxylation is 2. The molecule has 0 radical (unpaired) electrons. The molecule has 0 saturated heterocycles. The molecule has 7 heteroatoms. The highest BCUT2D eigenvalue weighted by Gasteiger charge is 2.13. The molecule has 112 valence electrons. The van der Waals surface area contributed by atoms with Crippen LogP contribution in [0, 0.1) is 20.8 Å². The Morgan fingerprint density at radius 1 is 1.33 bits per heavy atom. The maximum Gasteiger partial charge on any atom is 0.348 e. The van der Waals surface area contributed by atoms with Gasteiger partial charge in [0.15, 0.2) is 0 Å². The molecule has 0 fully saturated rings. The van der Waals surface area contributed by atoms with Gasteiger partial charge in [-0.25, -0.2) is 9.78 Å². The first-order chi connectivity index (χ1) is 9.88. The lowest BCUT2D eigenvalue weighted by atomic mass is 10.1. The van der Waals surface area contributed by atoms with E-state index in [9.17, 15) is 9.59 Å². The van der Waals surface area contributed by atoms with E-state index in [4.69, 9.17) is 5.11 Å². The van der Waals surface area contributed by atoms with Crippen molar-refractivity contribution in [2.75, 3.05) is 0 Å². The molecule has 2 aromatic heterocycles. The summed E-state index contributed by atoms with van der Waals surface area (Å²) in [5, 5.41) is 11.7. The first-order valence-electron chi connectivity index (χ1n) is 6.58. The van der Waals surface area contributed by atoms with Crippen LogP contribution in [0.25, 0.3) is 0 Å². The minimum atomic E-state index is -0.860. The van der Waals surface area contributed by atoms with E-state index in [0.717, 1.165) is 22.0 Å². The Morgan fingerprint density at radius 3 is 2.62 bits per heavy atom. The molecule has 0 spiro atoms. The predicted octanol–water partition coefficient (Wildman–Crippen LogP) is 1.69. The molecule has 0 bridgehead atoms. The molecule has 21 heavy (non-hydrogen) atoms. The van der Waals surface area contributed by atoms with E-state index in [2.05, 4.69) is 9.97 Å². The summed E-state index contributed by atoms with van der Waals surface area (Å²) in [5.74, 6) is -0.860. The first kappa shape index (κ1) is 15.4. The average Bonchev–Trinajstić information content (AvgIpc) is 2.79. The van der Waals surface area contributed by atoms with Gasteiger partial charge in [-0.1, -0.05) is 0 Å². The van der Waals surface area contributed by atoms with Crippen LogP contribution in [0.3, 0.4) is 0 Å². The van der Waals surface area contributed by atoms with Crippen molar-refractivity contribution >= 4 is 17.3 Å². The SMILES string of the molecule is Cc1nc(Cn2c(C)c(CCC(=O)O)c(C)nc2=O)cs1. The molecule has 2 rings (SSSR count). The third kappa shape index (κ3) is 3.55. The van der Waals surface area contributed by atoms with Gasteiger partial charge in [0, 0.05) is 23.2 Å². The van der Waals surface area contributed by atoms with Crippen LogP contribution >= 0.6 is 11.3 Å². The van der Waals surface area contributed by atoms with Crippen LogP contribution in [0.2, 0.25) is 0 Å². The zero-order valence-corrected chi connectivity index (χ0v) is 13.0. The Hall–Kier alpha value is -2.02. The molecule has 0 aromatic carbocycles. The van der Waals surface area contributed by atoms with Crippen LogP contribution in [0.1, 0.15) is 34.1 Å². The van der Waals surface area contributed by atoms with Gasteiger partial charge in [-0.15, -0.1) is 11.3 Å². The number of aliphatic carboxylic acids is 1. The number of carboxylic acid groups (broad SMARTS) is 1. The number of carboxylic acids is 1. The highest BCUT2D eigenvalue weighted by atomic mass is 32.1. The Balaban J connectivity index is 2.38. The average molecular weight is 307 g/mol. The largest absolute Gasteiger partial charge is 0.481 e. The van der Waals surface area contributed by atoms with Gasteiger partial charge in [-0.2, -0.15) is 4.98 Å². The molecule has 2 aromatic rings. The number of nitrogens with zero attached hydrogens (tertiary/aromatic N) is 3. The molecule has 0 amide bonds. The van der Waals surface area contributed by atoms with Gasteiger partial charge in [0.2, 0.25) is 0 Å². The van der Waals surface area contributed by atoms with Crippen LogP contribution < -0.4 is 5.69 Å². The molecule has 0 unspecified atom stereocenters. The van der Waals surface area contributed by atoms with Crippen LogP contribution in [-0.4, -0.2) is 25.6 Å². The molecule has 0 atom stereocenters.